The lowest BCUT2D eigenvalue weighted by atomic mass is 9.96. The molecule has 0 aromatic carbocycles. The van der Waals surface area contributed by atoms with Crippen LogP contribution in [0.1, 0.15) is 33.6 Å². The zero-order valence-electron chi connectivity index (χ0n) is 13.2. The summed E-state index contributed by atoms with van der Waals surface area (Å²) in [6.07, 6.45) is 1.63. The summed E-state index contributed by atoms with van der Waals surface area (Å²) in [6, 6.07) is -0.264. The summed E-state index contributed by atoms with van der Waals surface area (Å²) < 4.78 is 0. The fourth-order valence-corrected chi connectivity index (χ4v) is 2.21. The summed E-state index contributed by atoms with van der Waals surface area (Å²) in [5, 5.41) is 12.0. The van der Waals surface area contributed by atoms with Crippen LogP contribution in [-0.2, 0) is 9.59 Å². The predicted octanol–water partition coefficient (Wildman–Crippen LogP) is 0.750. The number of likely N-dealkylation sites (tertiary alicyclic amines) is 1. The molecule has 0 saturated carbocycles. The number of carbonyl (C=O) groups is 3. The molecule has 1 aliphatic heterocycles. The molecule has 0 radical (unpaired) electrons. The van der Waals surface area contributed by atoms with Crippen molar-refractivity contribution in [2.45, 2.75) is 39.2 Å². The highest BCUT2D eigenvalue weighted by Crippen LogP contribution is 2.20. The van der Waals surface area contributed by atoms with Crippen LogP contribution < -0.4 is 5.32 Å². The zero-order chi connectivity index (χ0) is 16.2. The lowest BCUT2D eigenvalue weighted by Crippen LogP contribution is -2.56. The van der Waals surface area contributed by atoms with Gasteiger partial charge in [-0.2, -0.15) is 0 Å². The molecule has 7 heteroatoms. The summed E-state index contributed by atoms with van der Waals surface area (Å²) >= 11 is 0. The van der Waals surface area contributed by atoms with E-state index >= 15 is 0 Å². The molecule has 2 N–H and O–H groups in total. The normalized spacial score (nSPS) is 16.5. The second kappa shape index (κ2) is 6.78. The minimum Gasteiger partial charge on any atom is -0.480 e. The maximum Gasteiger partial charge on any atom is 0.329 e. The Hall–Kier alpha value is -1.79. The lowest BCUT2D eigenvalue weighted by Gasteiger charge is -2.39. The smallest absolute Gasteiger partial charge is 0.329 e. The number of carboxylic acids is 1. The first-order chi connectivity index (χ1) is 9.66. The average molecular weight is 299 g/mol. The van der Waals surface area contributed by atoms with Gasteiger partial charge >= 0.3 is 12.0 Å². The maximum absolute atomic E-state index is 12.3. The molecule has 1 fully saturated rings. The zero-order valence-corrected chi connectivity index (χ0v) is 13.2. The second-order valence-electron chi connectivity index (χ2n) is 6.07. The van der Waals surface area contributed by atoms with Crippen molar-refractivity contribution in [3.8, 4) is 0 Å². The van der Waals surface area contributed by atoms with Gasteiger partial charge in [-0.25, -0.2) is 9.59 Å². The monoisotopic (exact) mass is 299 g/mol. The average Bonchev–Trinajstić information content (AvgIpc) is 2.43. The molecule has 0 spiro atoms. The van der Waals surface area contributed by atoms with E-state index in [-0.39, 0.29) is 11.9 Å². The Labute approximate surface area is 125 Å². The van der Waals surface area contributed by atoms with E-state index in [1.54, 1.807) is 4.90 Å². The Morgan fingerprint density at radius 2 is 1.81 bits per heavy atom. The van der Waals surface area contributed by atoms with Gasteiger partial charge in [-0.1, -0.05) is 0 Å². The molecule has 0 bridgehead atoms. The van der Waals surface area contributed by atoms with Gasteiger partial charge < -0.3 is 20.2 Å². The number of aliphatic carboxylic acids is 1. The van der Waals surface area contributed by atoms with Crippen molar-refractivity contribution >= 4 is 17.9 Å². The molecule has 120 valence electrons. The van der Waals surface area contributed by atoms with Gasteiger partial charge in [-0.05, 0) is 32.6 Å². The van der Waals surface area contributed by atoms with Crippen LogP contribution in [0.15, 0.2) is 0 Å². The molecule has 0 unspecified atom stereocenters. The molecule has 1 heterocycles. The van der Waals surface area contributed by atoms with Gasteiger partial charge in [0.15, 0.2) is 0 Å². The van der Waals surface area contributed by atoms with Gasteiger partial charge in [-0.15, -0.1) is 0 Å². The van der Waals surface area contributed by atoms with Gasteiger partial charge in [0.2, 0.25) is 5.91 Å². The lowest BCUT2D eigenvalue weighted by molar-refractivity contribution is -0.147. The quantitative estimate of drug-likeness (QED) is 0.801. The minimum absolute atomic E-state index is 0.0450. The van der Waals surface area contributed by atoms with Crippen molar-refractivity contribution in [2.75, 3.05) is 26.7 Å². The van der Waals surface area contributed by atoms with E-state index in [0.717, 1.165) is 12.8 Å². The van der Waals surface area contributed by atoms with E-state index < -0.39 is 11.5 Å². The van der Waals surface area contributed by atoms with E-state index in [4.69, 9.17) is 0 Å². The maximum atomic E-state index is 12.3. The van der Waals surface area contributed by atoms with Crippen LogP contribution in [0.25, 0.3) is 0 Å². The van der Waals surface area contributed by atoms with Gasteiger partial charge in [-0.3, -0.25) is 4.79 Å². The highest BCUT2D eigenvalue weighted by atomic mass is 16.4. The third kappa shape index (κ3) is 4.34. The van der Waals surface area contributed by atoms with Crippen LogP contribution in [-0.4, -0.2) is 65.0 Å². The SMILES string of the molecule is CC(=O)NCC1CCN(C(=O)N(C)C(C)(C)C(=O)O)CC1. The standard InChI is InChI=1S/C14H25N3O4/c1-10(18)15-9-11-5-7-17(8-6-11)13(21)16(4)14(2,3)12(19)20/h11H,5-9H2,1-4H3,(H,15,18)(H,19,20). The number of piperidine rings is 1. The topological polar surface area (TPSA) is 90.0 Å². The summed E-state index contributed by atoms with van der Waals surface area (Å²) in [7, 11) is 1.51. The van der Waals surface area contributed by atoms with Crippen LogP contribution in [0.2, 0.25) is 0 Å². The fourth-order valence-electron chi connectivity index (χ4n) is 2.21. The summed E-state index contributed by atoms with van der Waals surface area (Å²) in [4.78, 5) is 37.4. The van der Waals surface area contributed by atoms with E-state index in [2.05, 4.69) is 5.32 Å². The van der Waals surface area contributed by atoms with Crippen LogP contribution in [0, 0.1) is 5.92 Å². The van der Waals surface area contributed by atoms with E-state index in [9.17, 15) is 19.5 Å². The largest absolute Gasteiger partial charge is 0.480 e. The van der Waals surface area contributed by atoms with Crippen molar-refractivity contribution in [2.24, 2.45) is 5.92 Å². The molecular formula is C14H25N3O4. The number of carbonyl (C=O) groups excluding carboxylic acids is 2. The number of nitrogens with one attached hydrogen (secondary N) is 1. The number of rotatable bonds is 4. The highest BCUT2D eigenvalue weighted by molar-refractivity contribution is 5.85. The van der Waals surface area contributed by atoms with Gasteiger partial charge in [0.05, 0.1) is 0 Å². The number of amides is 3. The molecule has 3 amide bonds. The Balaban J connectivity index is 2.52. The third-order valence-corrected chi connectivity index (χ3v) is 4.17. The molecule has 1 saturated heterocycles. The number of hydrogen-bond donors (Lipinski definition) is 2. The van der Waals surface area contributed by atoms with Crippen LogP contribution in [0.3, 0.4) is 0 Å². The van der Waals surface area contributed by atoms with Crippen molar-refractivity contribution < 1.29 is 19.5 Å². The van der Waals surface area contributed by atoms with E-state index in [1.165, 1.54) is 32.7 Å². The minimum atomic E-state index is -1.23. The van der Waals surface area contributed by atoms with Crippen molar-refractivity contribution in [1.82, 2.24) is 15.1 Å². The summed E-state index contributed by atoms with van der Waals surface area (Å²) in [5.41, 5.74) is -1.23. The molecule has 7 nitrogen and oxygen atoms in total. The molecule has 0 aromatic heterocycles. The number of hydrogen-bond acceptors (Lipinski definition) is 3. The first kappa shape index (κ1) is 17.3. The van der Waals surface area contributed by atoms with E-state index in [0.29, 0.717) is 25.6 Å². The van der Waals surface area contributed by atoms with Crippen LogP contribution >= 0.6 is 0 Å². The van der Waals surface area contributed by atoms with Gasteiger partial charge in [0, 0.05) is 33.6 Å². The Bertz CT molecular complexity index is 414. The Morgan fingerprint density at radius 1 is 1.29 bits per heavy atom. The Kier molecular flexibility index (Phi) is 5.57. The molecule has 1 aliphatic rings. The molecular weight excluding hydrogens is 274 g/mol. The van der Waals surface area contributed by atoms with Crippen LogP contribution in [0.4, 0.5) is 4.79 Å². The van der Waals surface area contributed by atoms with Gasteiger partial charge in [0.1, 0.15) is 5.54 Å². The highest BCUT2D eigenvalue weighted by Gasteiger charge is 2.37. The first-order valence-electron chi connectivity index (χ1n) is 7.16. The fraction of sp³-hybridized carbons (Fsp3) is 0.786. The molecule has 1 rings (SSSR count). The van der Waals surface area contributed by atoms with Crippen molar-refractivity contribution in [3.05, 3.63) is 0 Å². The van der Waals surface area contributed by atoms with Crippen LogP contribution in [0.5, 0.6) is 0 Å². The second-order valence-corrected chi connectivity index (χ2v) is 6.07. The molecule has 21 heavy (non-hydrogen) atoms. The van der Waals surface area contributed by atoms with E-state index in [1.807, 2.05) is 0 Å². The number of urea groups is 1. The summed E-state index contributed by atoms with van der Waals surface area (Å²) in [6.45, 7) is 6.31. The number of likely N-dealkylation sites (N-methyl/N-ethyl adjacent to an activating group) is 1. The van der Waals surface area contributed by atoms with Gasteiger partial charge in [0.25, 0.3) is 0 Å². The predicted molar refractivity (Wildman–Crippen MR) is 77.9 cm³/mol. The first-order valence-corrected chi connectivity index (χ1v) is 7.16. The molecule has 0 aliphatic carbocycles. The Morgan fingerprint density at radius 3 is 2.24 bits per heavy atom. The number of carboxylic acid groups (broad SMARTS) is 1. The molecule has 0 aromatic rings. The third-order valence-electron chi connectivity index (χ3n) is 4.17. The summed E-state index contributed by atoms with van der Waals surface area (Å²) in [5.74, 6) is -0.703. The molecule has 0 atom stereocenters. The number of nitrogens with zero attached hydrogens (tertiary/aromatic N) is 2. The van der Waals surface area contributed by atoms with Crippen molar-refractivity contribution in [1.29, 1.82) is 0 Å². The van der Waals surface area contributed by atoms with Crippen molar-refractivity contribution in [3.63, 3.8) is 0 Å².